The standard InChI is InChI=1S/C9H12O4/c1-9(2)12-7-5-11-4-3-6(10)8(7)13-9/h3-4,7-8H,5H2,1-2H3/t7-,8+/m1/s1. The number of carbonyl (C=O) groups is 1. The summed E-state index contributed by atoms with van der Waals surface area (Å²) < 4.78 is 16.0. The lowest BCUT2D eigenvalue weighted by atomic mass is 10.1. The van der Waals surface area contributed by atoms with Gasteiger partial charge in [0.1, 0.15) is 12.7 Å². The average Bonchev–Trinajstić information content (AvgIpc) is 2.26. The number of hydrogen-bond acceptors (Lipinski definition) is 4. The molecule has 0 spiro atoms. The van der Waals surface area contributed by atoms with Crippen molar-refractivity contribution in [3.63, 3.8) is 0 Å². The highest BCUT2D eigenvalue weighted by molar-refractivity contribution is 5.94. The molecule has 0 bridgehead atoms. The summed E-state index contributed by atoms with van der Waals surface area (Å²) in [6.07, 6.45) is 1.99. The average molecular weight is 184 g/mol. The highest BCUT2D eigenvalue weighted by Gasteiger charge is 2.45. The molecule has 2 heterocycles. The van der Waals surface area contributed by atoms with Crippen molar-refractivity contribution in [3.8, 4) is 0 Å². The van der Waals surface area contributed by atoms with E-state index in [2.05, 4.69) is 0 Å². The quantitative estimate of drug-likeness (QED) is 0.553. The van der Waals surface area contributed by atoms with E-state index < -0.39 is 11.9 Å². The first kappa shape index (κ1) is 8.72. The van der Waals surface area contributed by atoms with E-state index in [1.165, 1.54) is 12.3 Å². The fourth-order valence-corrected chi connectivity index (χ4v) is 1.56. The molecule has 4 heteroatoms. The first-order valence-corrected chi connectivity index (χ1v) is 4.26. The van der Waals surface area contributed by atoms with Crippen LogP contribution in [0.5, 0.6) is 0 Å². The predicted octanol–water partition coefficient (Wildman–Crippen LogP) is 0.619. The fraction of sp³-hybridized carbons (Fsp3) is 0.667. The first-order chi connectivity index (χ1) is 6.08. The summed E-state index contributed by atoms with van der Waals surface area (Å²) in [6, 6.07) is 0. The zero-order valence-corrected chi connectivity index (χ0v) is 7.65. The van der Waals surface area contributed by atoms with Crippen molar-refractivity contribution >= 4 is 5.78 Å². The van der Waals surface area contributed by atoms with E-state index in [9.17, 15) is 4.79 Å². The Kier molecular flexibility index (Phi) is 1.89. The maximum Gasteiger partial charge on any atom is 0.190 e. The van der Waals surface area contributed by atoms with Gasteiger partial charge in [-0.25, -0.2) is 0 Å². The van der Waals surface area contributed by atoms with Gasteiger partial charge in [0.25, 0.3) is 0 Å². The van der Waals surface area contributed by atoms with E-state index in [0.29, 0.717) is 6.61 Å². The van der Waals surface area contributed by atoms with Crippen molar-refractivity contribution in [2.24, 2.45) is 0 Å². The smallest absolute Gasteiger partial charge is 0.190 e. The molecule has 0 radical (unpaired) electrons. The predicted molar refractivity (Wildman–Crippen MR) is 43.9 cm³/mol. The van der Waals surface area contributed by atoms with E-state index in [0.717, 1.165) is 0 Å². The number of carbonyl (C=O) groups excluding carboxylic acids is 1. The normalized spacial score (nSPS) is 36.6. The van der Waals surface area contributed by atoms with Crippen LogP contribution in [-0.2, 0) is 19.0 Å². The minimum atomic E-state index is -0.681. The maximum absolute atomic E-state index is 11.4. The van der Waals surface area contributed by atoms with Crippen molar-refractivity contribution in [2.75, 3.05) is 6.61 Å². The minimum absolute atomic E-state index is 0.0897. The Labute approximate surface area is 76.5 Å². The second-order valence-electron chi connectivity index (χ2n) is 3.63. The monoisotopic (exact) mass is 184 g/mol. The Morgan fingerprint density at radius 3 is 3.00 bits per heavy atom. The molecule has 13 heavy (non-hydrogen) atoms. The Hall–Kier alpha value is -0.870. The van der Waals surface area contributed by atoms with Gasteiger partial charge in [-0.2, -0.15) is 0 Å². The Morgan fingerprint density at radius 1 is 1.46 bits per heavy atom. The maximum atomic E-state index is 11.4. The largest absolute Gasteiger partial charge is 0.498 e. The summed E-state index contributed by atoms with van der Waals surface area (Å²) >= 11 is 0. The van der Waals surface area contributed by atoms with Gasteiger partial charge >= 0.3 is 0 Å². The molecule has 4 nitrogen and oxygen atoms in total. The summed E-state index contributed by atoms with van der Waals surface area (Å²) in [5.74, 6) is -0.771. The van der Waals surface area contributed by atoms with Gasteiger partial charge in [0, 0.05) is 6.08 Å². The van der Waals surface area contributed by atoms with Crippen molar-refractivity contribution in [1.82, 2.24) is 0 Å². The highest BCUT2D eigenvalue weighted by Crippen LogP contribution is 2.29. The van der Waals surface area contributed by atoms with Crippen LogP contribution in [0, 0.1) is 0 Å². The molecule has 0 unspecified atom stereocenters. The zero-order valence-electron chi connectivity index (χ0n) is 7.65. The third kappa shape index (κ3) is 1.59. The van der Waals surface area contributed by atoms with Crippen LogP contribution >= 0.6 is 0 Å². The Balaban J connectivity index is 2.19. The lowest BCUT2D eigenvalue weighted by molar-refractivity contribution is -0.155. The fourth-order valence-electron chi connectivity index (χ4n) is 1.56. The van der Waals surface area contributed by atoms with Gasteiger partial charge in [-0.3, -0.25) is 4.79 Å². The third-order valence-electron chi connectivity index (χ3n) is 2.05. The Bertz CT molecular complexity index is 256. The van der Waals surface area contributed by atoms with Gasteiger partial charge in [0.15, 0.2) is 17.7 Å². The van der Waals surface area contributed by atoms with E-state index in [-0.39, 0.29) is 11.9 Å². The van der Waals surface area contributed by atoms with Crippen molar-refractivity contribution in [1.29, 1.82) is 0 Å². The minimum Gasteiger partial charge on any atom is -0.498 e. The molecule has 2 aliphatic rings. The van der Waals surface area contributed by atoms with Crippen LogP contribution in [0.2, 0.25) is 0 Å². The van der Waals surface area contributed by atoms with Crippen LogP contribution < -0.4 is 0 Å². The van der Waals surface area contributed by atoms with Crippen molar-refractivity contribution < 1.29 is 19.0 Å². The van der Waals surface area contributed by atoms with Gasteiger partial charge in [-0.15, -0.1) is 0 Å². The van der Waals surface area contributed by atoms with Crippen LogP contribution in [0.25, 0.3) is 0 Å². The van der Waals surface area contributed by atoms with Crippen LogP contribution in [-0.4, -0.2) is 30.4 Å². The lowest BCUT2D eigenvalue weighted by Gasteiger charge is -2.16. The summed E-state index contributed by atoms with van der Waals surface area (Å²) in [7, 11) is 0. The first-order valence-electron chi connectivity index (χ1n) is 4.26. The van der Waals surface area contributed by atoms with Crippen LogP contribution in [0.1, 0.15) is 13.8 Å². The summed E-state index contributed by atoms with van der Waals surface area (Å²) in [4.78, 5) is 11.4. The SMILES string of the molecule is CC1(C)O[C@@H]2COC=CC(=O)[C@@H]2O1. The number of ketones is 1. The summed E-state index contributed by atoms with van der Waals surface area (Å²) in [5.41, 5.74) is 0. The van der Waals surface area contributed by atoms with E-state index in [1.807, 2.05) is 0 Å². The van der Waals surface area contributed by atoms with Gasteiger partial charge in [0.2, 0.25) is 0 Å². The van der Waals surface area contributed by atoms with Gasteiger partial charge < -0.3 is 14.2 Å². The van der Waals surface area contributed by atoms with Gasteiger partial charge in [0.05, 0.1) is 6.26 Å². The van der Waals surface area contributed by atoms with E-state index in [4.69, 9.17) is 14.2 Å². The van der Waals surface area contributed by atoms with Crippen molar-refractivity contribution in [3.05, 3.63) is 12.3 Å². The third-order valence-corrected chi connectivity index (χ3v) is 2.05. The second-order valence-corrected chi connectivity index (χ2v) is 3.63. The van der Waals surface area contributed by atoms with Gasteiger partial charge in [-0.05, 0) is 13.8 Å². The Morgan fingerprint density at radius 2 is 2.23 bits per heavy atom. The van der Waals surface area contributed by atoms with Crippen LogP contribution in [0.3, 0.4) is 0 Å². The molecule has 0 N–H and O–H groups in total. The summed E-state index contributed by atoms with van der Waals surface area (Å²) in [5, 5.41) is 0. The molecule has 2 rings (SSSR count). The highest BCUT2D eigenvalue weighted by atomic mass is 16.8. The number of hydrogen-bond donors (Lipinski definition) is 0. The lowest BCUT2D eigenvalue weighted by Crippen LogP contribution is -2.31. The molecule has 0 aliphatic carbocycles. The number of fused-ring (bicyclic) bond motifs is 1. The zero-order chi connectivity index (χ0) is 9.47. The number of ether oxygens (including phenoxy) is 3. The molecule has 72 valence electrons. The molecule has 2 atom stereocenters. The molecular weight excluding hydrogens is 172 g/mol. The van der Waals surface area contributed by atoms with Crippen LogP contribution in [0.4, 0.5) is 0 Å². The molecule has 1 fully saturated rings. The summed E-state index contributed by atoms with van der Waals surface area (Å²) in [6.45, 7) is 3.95. The van der Waals surface area contributed by atoms with Crippen molar-refractivity contribution in [2.45, 2.75) is 31.8 Å². The molecule has 2 aliphatic heterocycles. The van der Waals surface area contributed by atoms with E-state index >= 15 is 0 Å². The number of rotatable bonds is 0. The topological polar surface area (TPSA) is 44.8 Å². The van der Waals surface area contributed by atoms with E-state index in [1.54, 1.807) is 13.8 Å². The molecular formula is C9H12O4. The molecule has 0 saturated carbocycles. The molecule has 0 aromatic rings. The molecule has 0 amide bonds. The molecule has 0 aromatic heterocycles. The van der Waals surface area contributed by atoms with Crippen LogP contribution in [0.15, 0.2) is 12.3 Å². The molecule has 1 saturated heterocycles. The second kappa shape index (κ2) is 2.82. The van der Waals surface area contributed by atoms with Gasteiger partial charge in [-0.1, -0.05) is 0 Å². The molecule has 0 aromatic carbocycles.